The van der Waals surface area contributed by atoms with E-state index < -0.39 is 5.91 Å². The molecule has 0 aliphatic heterocycles. The van der Waals surface area contributed by atoms with Crippen LogP contribution < -0.4 is 10.7 Å². The molecule has 0 bridgehead atoms. The molecule has 0 radical (unpaired) electrons. The van der Waals surface area contributed by atoms with Crippen LogP contribution in [0, 0.1) is 6.92 Å². The summed E-state index contributed by atoms with van der Waals surface area (Å²) in [7, 11) is 0. The molecule has 1 N–H and O–H groups in total. The Morgan fingerprint density at radius 1 is 0.971 bits per heavy atom. The molecule has 2 aromatic heterocycles. The van der Waals surface area contributed by atoms with Gasteiger partial charge in [-0.1, -0.05) is 61.8 Å². The number of amides is 1. The van der Waals surface area contributed by atoms with Crippen molar-refractivity contribution in [1.29, 1.82) is 0 Å². The Morgan fingerprint density at radius 3 is 2.26 bits per heavy atom. The van der Waals surface area contributed by atoms with E-state index in [1.807, 2.05) is 67.8 Å². The lowest BCUT2D eigenvalue weighted by molar-refractivity contribution is 0.102. The van der Waals surface area contributed by atoms with Crippen LogP contribution in [0.2, 0.25) is 5.02 Å². The molecule has 4 rings (SSSR count). The molecule has 0 aliphatic carbocycles. The van der Waals surface area contributed by atoms with E-state index in [0.29, 0.717) is 27.8 Å². The van der Waals surface area contributed by atoms with Crippen LogP contribution in [0.5, 0.6) is 0 Å². The molecular formula is C28H26ClN3O2. The second kappa shape index (κ2) is 10.1. The van der Waals surface area contributed by atoms with Crippen molar-refractivity contribution in [3.05, 3.63) is 111 Å². The second-order valence-corrected chi connectivity index (χ2v) is 8.40. The third-order valence-electron chi connectivity index (χ3n) is 5.86. The van der Waals surface area contributed by atoms with Crippen molar-refractivity contribution < 1.29 is 4.79 Å². The summed E-state index contributed by atoms with van der Waals surface area (Å²) >= 11 is 6.55. The lowest BCUT2D eigenvalue weighted by Gasteiger charge is -2.21. The highest BCUT2D eigenvalue weighted by molar-refractivity contribution is 6.32. The number of rotatable bonds is 6. The zero-order valence-electron chi connectivity index (χ0n) is 19.4. The molecular weight excluding hydrogens is 446 g/mol. The van der Waals surface area contributed by atoms with E-state index in [-0.39, 0.29) is 11.0 Å². The first-order valence-electron chi connectivity index (χ1n) is 11.3. The molecule has 0 unspecified atom stereocenters. The highest BCUT2D eigenvalue weighted by atomic mass is 35.5. The minimum absolute atomic E-state index is 0.0252. The summed E-state index contributed by atoms with van der Waals surface area (Å²) in [6, 6.07) is 20.2. The van der Waals surface area contributed by atoms with E-state index in [9.17, 15) is 9.59 Å². The molecule has 172 valence electrons. The average molecular weight is 472 g/mol. The summed E-state index contributed by atoms with van der Waals surface area (Å²) in [6.45, 7) is 5.90. The van der Waals surface area contributed by atoms with Crippen LogP contribution in [0.4, 0.5) is 5.69 Å². The van der Waals surface area contributed by atoms with E-state index in [2.05, 4.69) is 10.3 Å². The first-order valence-corrected chi connectivity index (χ1v) is 11.7. The highest BCUT2D eigenvalue weighted by Gasteiger charge is 2.25. The highest BCUT2D eigenvalue weighted by Crippen LogP contribution is 2.30. The Morgan fingerprint density at radius 2 is 1.65 bits per heavy atom. The summed E-state index contributed by atoms with van der Waals surface area (Å²) < 4.78 is 1.83. The van der Waals surface area contributed by atoms with E-state index in [0.717, 1.165) is 29.7 Å². The molecule has 0 spiro atoms. The van der Waals surface area contributed by atoms with Gasteiger partial charge < -0.3 is 9.88 Å². The number of para-hydroxylation sites is 2. The number of benzene rings is 2. The SMILES string of the molecule is CCc1cccc(CC)c1NC(=O)c1c(-c2ccccn2)n(-c2ccccc2Cl)c(C)cc1=O. The summed E-state index contributed by atoms with van der Waals surface area (Å²) in [5.74, 6) is -0.470. The van der Waals surface area contributed by atoms with Crippen LogP contribution in [0.3, 0.4) is 0 Å². The largest absolute Gasteiger partial charge is 0.321 e. The van der Waals surface area contributed by atoms with Crippen LogP contribution in [-0.2, 0) is 12.8 Å². The number of pyridine rings is 2. The zero-order valence-corrected chi connectivity index (χ0v) is 20.2. The zero-order chi connectivity index (χ0) is 24.2. The van der Waals surface area contributed by atoms with Gasteiger partial charge in [0.15, 0.2) is 5.43 Å². The molecule has 6 heteroatoms. The lowest BCUT2D eigenvalue weighted by atomic mass is 10.0. The maximum absolute atomic E-state index is 13.8. The van der Waals surface area contributed by atoms with Crippen LogP contribution in [0.25, 0.3) is 17.1 Å². The summed E-state index contributed by atoms with van der Waals surface area (Å²) in [5.41, 5.74) is 4.68. The number of nitrogens with one attached hydrogen (secondary N) is 1. The number of hydrogen-bond donors (Lipinski definition) is 1. The van der Waals surface area contributed by atoms with Gasteiger partial charge in [0.2, 0.25) is 0 Å². The van der Waals surface area contributed by atoms with Gasteiger partial charge in [-0.25, -0.2) is 0 Å². The second-order valence-electron chi connectivity index (χ2n) is 7.99. The Labute approximate surface area is 204 Å². The van der Waals surface area contributed by atoms with Crippen molar-refractivity contribution >= 4 is 23.2 Å². The van der Waals surface area contributed by atoms with Crippen molar-refractivity contribution in [2.24, 2.45) is 0 Å². The van der Waals surface area contributed by atoms with Gasteiger partial charge >= 0.3 is 0 Å². The van der Waals surface area contributed by atoms with Crippen molar-refractivity contribution in [3.8, 4) is 17.1 Å². The average Bonchev–Trinajstić information content (AvgIpc) is 2.85. The van der Waals surface area contributed by atoms with Crippen LogP contribution in [-0.4, -0.2) is 15.5 Å². The Bertz CT molecular complexity index is 1390. The third-order valence-corrected chi connectivity index (χ3v) is 6.18. The molecule has 2 aromatic carbocycles. The minimum Gasteiger partial charge on any atom is -0.321 e. The number of hydrogen-bond acceptors (Lipinski definition) is 3. The number of aryl methyl sites for hydroxylation is 3. The monoisotopic (exact) mass is 471 g/mol. The normalized spacial score (nSPS) is 10.8. The number of anilines is 1. The van der Waals surface area contributed by atoms with Gasteiger partial charge in [-0.3, -0.25) is 14.6 Å². The Balaban J connectivity index is 1.99. The fourth-order valence-electron chi connectivity index (χ4n) is 4.22. The van der Waals surface area contributed by atoms with E-state index in [4.69, 9.17) is 11.6 Å². The van der Waals surface area contributed by atoms with Crippen molar-refractivity contribution in [2.75, 3.05) is 5.32 Å². The molecule has 0 atom stereocenters. The lowest BCUT2D eigenvalue weighted by Crippen LogP contribution is -2.27. The number of carbonyl (C=O) groups excluding carboxylic acids is 1. The first-order chi connectivity index (χ1) is 16.5. The Hall–Kier alpha value is -3.70. The number of aromatic nitrogens is 2. The predicted octanol–water partition coefficient (Wildman–Crippen LogP) is 6.24. The molecule has 0 aliphatic rings. The predicted molar refractivity (Wildman–Crippen MR) is 138 cm³/mol. The third kappa shape index (κ3) is 4.39. The maximum atomic E-state index is 13.8. The number of halogens is 1. The molecule has 2 heterocycles. The molecule has 0 saturated carbocycles. The quantitative estimate of drug-likeness (QED) is 0.362. The van der Waals surface area contributed by atoms with Gasteiger partial charge in [-0.05, 0) is 55.2 Å². The van der Waals surface area contributed by atoms with Gasteiger partial charge in [-0.15, -0.1) is 0 Å². The Kier molecular flexibility index (Phi) is 6.94. The standard InChI is InChI=1S/C28H26ClN3O2/c1-4-19-11-10-12-20(5-2)26(19)31-28(34)25-24(33)17-18(3)32(23-15-7-6-13-21(23)29)27(25)22-14-8-9-16-30-22/h6-17H,4-5H2,1-3H3,(H,31,34). The molecule has 4 aromatic rings. The molecule has 1 amide bonds. The first kappa shape index (κ1) is 23.5. The van der Waals surface area contributed by atoms with E-state index in [1.165, 1.54) is 6.07 Å². The molecule has 0 saturated heterocycles. The van der Waals surface area contributed by atoms with Crippen molar-refractivity contribution in [2.45, 2.75) is 33.6 Å². The summed E-state index contributed by atoms with van der Waals surface area (Å²) in [6.07, 6.45) is 3.16. The maximum Gasteiger partial charge on any atom is 0.261 e. The number of nitrogens with zero attached hydrogens (tertiary/aromatic N) is 2. The smallest absolute Gasteiger partial charge is 0.261 e. The van der Waals surface area contributed by atoms with E-state index >= 15 is 0 Å². The molecule has 5 nitrogen and oxygen atoms in total. The van der Waals surface area contributed by atoms with Gasteiger partial charge in [0.05, 0.1) is 22.1 Å². The van der Waals surface area contributed by atoms with Gasteiger partial charge in [0.25, 0.3) is 5.91 Å². The summed E-state index contributed by atoms with van der Waals surface area (Å²) in [4.78, 5) is 31.6. The fraction of sp³-hybridized carbons (Fsp3) is 0.179. The summed E-state index contributed by atoms with van der Waals surface area (Å²) in [5, 5.41) is 3.55. The van der Waals surface area contributed by atoms with Gasteiger partial charge in [-0.2, -0.15) is 0 Å². The molecule has 0 fully saturated rings. The topological polar surface area (TPSA) is 64.0 Å². The van der Waals surface area contributed by atoms with Crippen LogP contribution in [0.1, 0.15) is 41.0 Å². The fourth-order valence-corrected chi connectivity index (χ4v) is 4.44. The van der Waals surface area contributed by atoms with Gasteiger partial charge in [0, 0.05) is 23.6 Å². The van der Waals surface area contributed by atoms with E-state index in [1.54, 1.807) is 24.4 Å². The molecule has 34 heavy (non-hydrogen) atoms. The van der Waals surface area contributed by atoms with Crippen molar-refractivity contribution in [1.82, 2.24) is 9.55 Å². The van der Waals surface area contributed by atoms with Crippen LogP contribution in [0.15, 0.2) is 77.7 Å². The van der Waals surface area contributed by atoms with Crippen molar-refractivity contribution in [3.63, 3.8) is 0 Å². The van der Waals surface area contributed by atoms with Gasteiger partial charge in [0.1, 0.15) is 5.56 Å². The van der Waals surface area contributed by atoms with Crippen LogP contribution >= 0.6 is 11.6 Å². The number of carbonyl (C=O) groups is 1. The minimum atomic E-state index is -0.470.